The van der Waals surface area contributed by atoms with Crippen molar-refractivity contribution in [2.45, 2.75) is 63.8 Å². The molecule has 31 heavy (non-hydrogen) atoms. The van der Waals surface area contributed by atoms with Gasteiger partial charge in [-0.1, -0.05) is 25.5 Å². The molecule has 0 spiro atoms. The Labute approximate surface area is 180 Å². The van der Waals surface area contributed by atoms with Crippen molar-refractivity contribution in [1.29, 1.82) is 0 Å². The minimum atomic E-state index is -2.02. The number of fused-ring (bicyclic) bond motifs is 5. The van der Waals surface area contributed by atoms with Gasteiger partial charge in [0.25, 0.3) is 5.91 Å². The molecule has 170 valence electrons. The number of alkyl halides is 1. The van der Waals surface area contributed by atoms with Gasteiger partial charge in [-0.15, -0.1) is 0 Å². The van der Waals surface area contributed by atoms with E-state index in [0.717, 1.165) is 0 Å². The van der Waals surface area contributed by atoms with Gasteiger partial charge >= 0.3 is 0 Å². The first-order chi connectivity index (χ1) is 14.3. The Morgan fingerprint density at radius 3 is 2.65 bits per heavy atom. The molecule has 2 amide bonds. The van der Waals surface area contributed by atoms with Crippen molar-refractivity contribution in [3.05, 3.63) is 23.8 Å². The maximum absolute atomic E-state index is 17.0. The third-order valence-electron chi connectivity index (χ3n) is 8.99. The van der Waals surface area contributed by atoms with Gasteiger partial charge in [0.15, 0.2) is 17.1 Å². The monoisotopic (exact) mass is 434 g/mol. The Hall–Kier alpha value is -2.06. The van der Waals surface area contributed by atoms with Gasteiger partial charge in [-0.2, -0.15) is 0 Å². The lowest BCUT2D eigenvalue weighted by Gasteiger charge is -2.62. The zero-order chi connectivity index (χ0) is 23.0. The molecule has 3 fully saturated rings. The maximum Gasteiger partial charge on any atom is 0.253 e. The van der Waals surface area contributed by atoms with E-state index in [0.29, 0.717) is 24.8 Å². The maximum atomic E-state index is 17.0. The van der Waals surface area contributed by atoms with Crippen molar-refractivity contribution in [2.24, 2.45) is 34.3 Å². The van der Waals surface area contributed by atoms with Gasteiger partial charge in [-0.25, -0.2) is 4.39 Å². The number of allylic oxidation sites excluding steroid dienone is 4. The number of amides is 2. The Morgan fingerprint density at radius 2 is 2.00 bits per heavy atom. The van der Waals surface area contributed by atoms with Crippen LogP contribution in [0.1, 0.15) is 46.5 Å². The van der Waals surface area contributed by atoms with E-state index < -0.39 is 58.4 Å². The zero-order valence-corrected chi connectivity index (χ0v) is 18.2. The summed E-state index contributed by atoms with van der Waals surface area (Å²) in [6, 6.07) is 0. The van der Waals surface area contributed by atoms with Crippen molar-refractivity contribution in [1.82, 2.24) is 5.32 Å². The van der Waals surface area contributed by atoms with E-state index in [4.69, 9.17) is 5.73 Å². The summed E-state index contributed by atoms with van der Waals surface area (Å²) in [6.45, 7) is 4.80. The number of rotatable bonds is 3. The number of ketones is 1. The molecule has 4 rings (SSSR count). The number of nitrogens with one attached hydrogen (secondary N) is 1. The third-order valence-corrected chi connectivity index (χ3v) is 8.99. The van der Waals surface area contributed by atoms with Crippen molar-refractivity contribution in [3.8, 4) is 0 Å². The van der Waals surface area contributed by atoms with Gasteiger partial charge in [-0.05, 0) is 56.6 Å². The molecule has 8 atom stereocenters. The number of nitrogens with two attached hydrogens (primary N) is 1. The Kier molecular flexibility index (Phi) is 4.80. The van der Waals surface area contributed by atoms with E-state index in [-0.39, 0.29) is 18.1 Å². The number of aliphatic hydroxyl groups excluding tert-OH is 1. The summed E-state index contributed by atoms with van der Waals surface area (Å²) < 4.78 is 17.0. The average molecular weight is 435 g/mol. The van der Waals surface area contributed by atoms with Crippen LogP contribution in [0.2, 0.25) is 0 Å². The highest BCUT2D eigenvalue weighted by molar-refractivity contribution is 6.01. The van der Waals surface area contributed by atoms with E-state index in [1.54, 1.807) is 26.8 Å². The quantitative estimate of drug-likeness (QED) is 0.525. The highest BCUT2D eigenvalue weighted by atomic mass is 19.1. The minimum Gasteiger partial charge on any atom is -0.390 e. The molecule has 7 nitrogen and oxygen atoms in total. The first-order valence-electron chi connectivity index (χ1n) is 10.9. The van der Waals surface area contributed by atoms with Crippen LogP contribution < -0.4 is 11.1 Å². The van der Waals surface area contributed by atoms with Crippen LogP contribution in [0.25, 0.3) is 0 Å². The van der Waals surface area contributed by atoms with Crippen LogP contribution in [-0.4, -0.2) is 51.7 Å². The molecule has 0 aliphatic heterocycles. The first-order valence-corrected chi connectivity index (χ1v) is 10.9. The number of hydrogen-bond acceptors (Lipinski definition) is 5. The van der Waals surface area contributed by atoms with E-state index in [9.17, 15) is 24.6 Å². The van der Waals surface area contributed by atoms with Gasteiger partial charge in [0.2, 0.25) is 5.91 Å². The summed E-state index contributed by atoms with van der Waals surface area (Å²) in [5, 5.41) is 25.3. The second kappa shape index (κ2) is 6.72. The molecule has 0 aromatic heterocycles. The summed E-state index contributed by atoms with van der Waals surface area (Å²) in [4.78, 5) is 36.0. The predicted molar refractivity (Wildman–Crippen MR) is 110 cm³/mol. The van der Waals surface area contributed by atoms with Gasteiger partial charge in [-0.3, -0.25) is 14.4 Å². The molecule has 0 heterocycles. The number of aliphatic hydroxyl groups is 2. The first kappa shape index (κ1) is 22.1. The molecule has 3 saturated carbocycles. The molecule has 0 aromatic rings. The van der Waals surface area contributed by atoms with Crippen LogP contribution in [-0.2, 0) is 14.4 Å². The molecule has 4 aliphatic rings. The molecule has 8 heteroatoms. The fourth-order valence-electron chi connectivity index (χ4n) is 7.33. The molecule has 0 bridgehead atoms. The summed E-state index contributed by atoms with van der Waals surface area (Å²) in [5.74, 6) is -3.08. The van der Waals surface area contributed by atoms with Crippen LogP contribution >= 0.6 is 0 Å². The SMILES string of the molecule is C[C@@H]1C[C@H]2[C@@H]3CCC4=CC(=O)C=C[C@]4(C)[C@@]3(F)[C@@H](O)C[C@]2(C)[C@@]1(O)C(=O)NCC(N)=O. The van der Waals surface area contributed by atoms with Crippen molar-refractivity contribution >= 4 is 17.6 Å². The zero-order valence-electron chi connectivity index (χ0n) is 18.2. The highest BCUT2D eigenvalue weighted by Gasteiger charge is 2.75. The van der Waals surface area contributed by atoms with Gasteiger partial charge in [0.1, 0.15) is 0 Å². The van der Waals surface area contributed by atoms with E-state index >= 15 is 4.39 Å². The van der Waals surface area contributed by atoms with Crippen molar-refractivity contribution in [2.75, 3.05) is 6.54 Å². The number of halogens is 1. The average Bonchev–Trinajstić information content (AvgIpc) is 2.89. The molecule has 0 unspecified atom stereocenters. The van der Waals surface area contributed by atoms with E-state index in [1.165, 1.54) is 12.2 Å². The molecule has 4 aliphatic carbocycles. The number of primary amides is 1. The largest absolute Gasteiger partial charge is 0.390 e. The third kappa shape index (κ3) is 2.61. The topological polar surface area (TPSA) is 130 Å². The lowest BCUT2D eigenvalue weighted by atomic mass is 9.44. The Morgan fingerprint density at radius 1 is 1.32 bits per heavy atom. The number of carbonyl (C=O) groups is 3. The molecule has 0 aromatic carbocycles. The summed E-state index contributed by atoms with van der Waals surface area (Å²) in [5.41, 5.74) is -0.280. The van der Waals surface area contributed by atoms with Gasteiger partial charge < -0.3 is 21.3 Å². The summed E-state index contributed by atoms with van der Waals surface area (Å²) in [7, 11) is 0. The standard InChI is InChI=1S/C23H31FN2O5/c1-12-8-16-15-5-4-13-9-14(27)6-7-20(13,2)22(15,24)17(28)10-21(16,3)23(12,31)19(30)26-11-18(25)29/h6-7,9,12,15-17,28,31H,4-5,8,10-11H2,1-3H3,(H2,25,29)(H,26,30)/t12-,15+,16+,17+,20+,21+,22+,23+/m1/s1. The van der Waals surface area contributed by atoms with Crippen LogP contribution in [0.4, 0.5) is 4.39 Å². The molecular weight excluding hydrogens is 403 g/mol. The minimum absolute atomic E-state index is 0.111. The van der Waals surface area contributed by atoms with Crippen LogP contribution in [0.15, 0.2) is 23.8 Å². The fourth-order valence-corrected chi connectivity index (χ4v) is 7.33. The van der Waals surface area contributed by atoms with Crippen molar-refractivity contribution in [3.63, 3.8) is 0 Å². The summed E-state index contributed by atoms with van der Waals surface area (Å²) in [6.07, 6.45) is 4.21. The molecule has 5 N–H and O–H groups in total. The fraction of sp³-hybridized carbons (Fsp3) is 0.696. The van der Waals surface area contributed by atoms with Gasteiger partial charge in [0.05, 0.1) is 12.6 Å². The van der Waals surface area contributed by atoms with Crippen LogP contribution in [0, 0.1) is 28.6 Å². The predicted octanol–water partition coefficient (Wildman–Crippen LogP) is 0.936. The van der Waals surface area contributed by atoms with Crippen LogP contribution in [0.5, 0.6) is 0 Å². The highest BCUT2D eigenvalue weighted by Crippen LogP contribution is 2.70. The Balaban J connectivity index is 1.76. The Bertz CT molecular complexity index is 918. The number of carbonyl (C=O) groups excluding carboxylic acids is 3. The molecule has 0 saturated heterocycles. The lowest BCUT2D eigenvalue weighted by molar-refractivity contribution is -0.219. The normalized spacial score (nSPS) is 48.3. The second-order valence-corrected chi connectivity index (χ2v) is 10.3. The number of hydrogen-bond donors (Lipinski definition) is 4. The summed E-state index contributed by atoms with van der Waals surface area (Å²) >= 11 is 0. The van der Waals surface area contributed by atoms with Crippen molar-refractivity contribution < 1.29 is 29.0 Å². The molecular formula is C23H31FN2O5. The van der Waals surface area contributed by atoms with E-state index in [2.05, 4.69) is 5.32 Å². The van der Waals surface area contributed by atoms with E-state index in [1.807, 2.05) is 0 Å². The van der Waals surface area contributed by atoms with Gasteiger partial charge in [0, 0.05) is 16.7 Å². The lowest BCUT2D eigenvalue weighted by Crippen LogP contribution is -2.70. The smallest absolute Gasteiger partial charge is 0.253 e. The van der Waals surface area contributed by atoms with Crippen LogP contribution in [0.3, 0.4) is 0 Å². The second-order valence-electron chi connectivity index (χ2n) is 10.3. The molecule has 0 radical (unpaired) electrons.